The summed E-state index contributed by atoms with van der Waals surface area (Å²) in [4.78, 5) is 12.5. The van der Waals surface area contributed by atoms with Gasteiger partial charge in [-0.25, -0.2) is 0 Å². The highest BCUT2D eigenvalue weighted by molar-refractivity contribution is 5.80. The zero-order chi connectivity index (χ0) is 37.5. The standard InChI is InChI=1S/C45H87NO5/c1-3-5-7-9-11-13-15-17-19-21-22-23-25-27-29-31-33-35-37-39-43(49)45(51)46-41(40-47)44(50)42(48)38-36-34-32-30-28-26-24-20-18-16-14-12-10-8-6-4-2/h22-23,30,32,41-44,47-50H,3-21,24-29,31,33-40H2,1-2H3,(H,46,51)/b23-22-,32-30+. The lowest BCUT2D eigenvalue weighted by atomic mass is 10.00. The molecule has 51 heavy (non-hydrogen) atoms. The molecule has 4 atom stereocenters. The number of nitrogens with one attached hydrogen (secondary N) is 1. The molecular formula is C45H87NO5. The second kappa shape index (κ2) is 40.0. The predicted molar refractivity (Wildman–Crippen MR) is 219 cm³/mol. The first-order chi connectivity index (χ1) is 25.0. The molecule has 0 bridgehead atoms. The summed E-state index contributed by atoms with van der Waals surface area (Å²) in [6, 6.07) is -1.00. The Morgan fingerprint density at radius 3 is 1.18 bits per heavy atom. The second-order valence-corrected chi connectivity index (χ2v) is 15.4. The van der Waals surface area contributed by atoms with Crippen molar-refractivity contribution in [2.45, 2.75) is 250 Å². The summed E-state index contributed by atoms with van der Waals surface area (Å²) < 4.78 is 0. The molecule has 5 N–H and O–H groups in total. The molecule has 0 aromatic heterocycles. The molecular weight excluding hydrogens is 634 g/mol. The Hall–Kier alpha value is -1.21. The number of hydrogen-bond acceptors (Lipinski definition) is 5. The quantitative estimate of drug-likeness (QED) is 0.0320. The number of aliphatic hydroxyl groups excluding tert-OH is 4. The van der Waals surface area contributed by atoms with E-state index in [2.05, 4.69) is 43.5 Å². The summed E-state index contributed by atoms with van der Waals surface area (Å²) in [5, 5.41) is 43.6. The van der Waals surface area contributed by atoms with Crippen LogP contribution in [0.3, 0.4) is 0 Å². The van der Waals surface area contributed by atoms with Gasteiger partial charge in [-0.1, -0.05) is 186 Å². The van der Waals surface area contributed by atoms with E-state index in [-0.39, 0.29) is 0 Å². The molecule has 302 valence electrons. The van der Waals surface area contributed by atoms with Crippen LogP contribution in [0.15, 0.2) is 24.3 Å². The van der Waals surface area contributed by atoms with Crippen molar-refractivity contribution in [2.75, 3.05) is 6.61 Å². The van der Waals surface area contributed by atoms with Gasteiger partial charge < -0.3 is 25.7 Å². The molecule has 6 nitrogen and oxygen atoms in total. The van der Waals surface area contributed by atoms with Crippen molar-refractivity contribution in [3.8, 4) is 0 Å². The lowest BCUT2D eigenvalue weighted by Gasteiger charge is -2.27. The van der Waals surface area contributed by atoms with E-state index in [1.54, 1.807) is 0 Å². The van der Waals surface area contributed by atoms with Gasteiger partial charge in [0.25, 0.3) is 0 Å². The van der Waals surface area contributed by atoms with Crippen molar-refractivity contribution < 1.29 is 25.2 Å². The van der Waals surface area contributed by atoms with Crippen LogP contribution in [0.4, 0.5) is 0 Å². The molecule has 0 saturated heterocycles. The molecule has 0 aromatic rings. The van der Waals surface area contributed by atoms with Crippen LogP contribution in [0.25, 0.3) is 0 Å². The Bertz CT molecular complexity index is 772. The van der Waals surface area contributed by atoms with Gasteiger partial charge in [0.15, 0.2) is 0 Å². The molecule has 0 radical (unpaired) electrons. The summed E-state index contributed by atoms with van der Waals surface area (Å²) in [5.41, 5.74) is 0. The average Bonchev–Trinajstić information content (AvgIpc) is 3.13. The van der Waals surface area contributed by atoms with Gasteiger partial charge in [0.05, 0.1) is 18.8 Å². The zero-order valence-corrected chi connectivity index (χ0v) is 33.9. The average molecular weight is 722 g/mol. The third-order valence-electron chi connectivity index (χ3n) is 10.4. The lowest BCUT2D eigenvalue weighted by molar-refractivity contribution is -0.132. The van der Waals surface area contributed by atoms with E-state index in [0.29, 0.717) is 12.8 Å². The van der Waals surface area contributed by atoms with Crippen LogP contribution in [0.1, 0.15) is 226 Å². The third-order valence-corrected chi connectivity index (χ3v) is 10.4. The topological polar surface area (TPSA) is 110 Å². The molecule has 0 aliphatic carbocycles. The van der Waals surface area contributed by atoms with Gasteiger partial charge in [0.2, 0.25) is 5.91 Å². The first-order valence-corrected chi connectivity index (χ1v) is 22.2. The highest BCUT2D eigenvalue weighted by Crippen LogP contribution is 2.15. The number of allylic oxidation sites excluding steroid dienone is 4. The number of carbonyl (C=O) groups is 1. The highest BCUT2D eigenvalue weighted by Gasteiger charge is 2.28. The Morgan fingerprint density at radius 2 is 0.804 bits per heavy atom. The maximum Gasteiger partial charge on any atom is 0.249 e. The minimum Gasteiger partial charge on any atom is -0.394 e. The van der Waals surface area contributed by atoms with Crippen molar-refractivity contribution in [1.29, 1.82) is 0 Å². The first kappa shape index (κ1) is 49.8. The molecule has 0 rings (SSSR count). The Morgan fingerprint density at radius 1 is 0.471 bits per heavy atom. The summed E-state index contributed by atoms with van der Waals surface area (Å²) >= 11 is 0. The lowest BCUT2D eigenvalue weighted by Crippen LogP contribution is -2.53. The van der Waals surface area contributed by atoms with Crippen molar-refractivity contribution in [2.24, 2.45) is 0 Å². The van der Waals surface area contributed by atoms with Crippen molar-refractivity contribution >= 4 is 5.91 Å². The second-order valence-electron chi connectivity index (χ2n) is 15.4. The van der Waals surface area contributed by atoms with Crippen LogP contribution in [-0.4, -0.2) is 57.3 Å². The molecule has 1 amide bonds. The summed E-state index contributed by atoms with van der Waals surface area (Å²) in [7, 11) is 0. The number of hydrogen-bond donors (Lipinski definition) is 5. The molecule has 0 spiro atoms. The molecule has 0 aromatic carbocycles. The van der Waals surface area contributed by atoms with Gasteiger partial charge in [-0.05, 0) is 64.2 Å². The smallest absolute Gasteiger partial charge is 0.249 e. The Kier molecular flexibility index (Phi) is 39.0. The zero-order valence-electron chi connectivity index (χ0n) is 33.9. The van der Waals surface area contributed by atoms with Gasteiger partial charge in [0, 0.05) is 0 Å². The number of unbranched alkanes of at least 4 members (excludes halogenated alkanes) is 27. The van der Waals surface area contributed by atoms with Gasteiger partial charge in [-0.2, -0.15) is 0 Å². The maximum absolute atomic E-state index is 12.5. The first-order valence-electron chi connectivity index (χ1n) is 22.2. The molecule has 0 heterocycles. The number of aliphatic hydroxyl groups is 4. The largest absolute Gasteiger partial charge is 0.394 e. The van der Waals surface area contributed by atoms with Crippen molar-refractivity contribution in [3.63, 3.8) is 0 Å². The van der Waals surface area contributed by atoms with Crippen molar-refractivity contribution in [1.82, 2.24) is 5.32 Å². The van der Waals surface area contributed by atoms with E-state index < -0.39 is 36.9 Å². The minimum atomic E-state index is -1.28. The van der Waals surface area contributed by atoms with Crippen LogP contribution >= 0.6 is 0 Å². The Balaban J connectivity index is 3.78. The van der Waals surface area contributed by atoms with Gasteiger partial charge in [-0.15, -0.1) is 0 Å². The molecule has 0 fully saturated rings. The van der Waals surface area contributed by atoms with E-state index in [9.17, 15) is 25.2 Å². The van der Waals surface area contributed by atoms with Crippen LogP contribution in [0.2, 0.25) is 0 Å². The van der Waals surface area contributed by atoms with Gasteiger partial charge in [-0.3, -0.25) is 4.79 Å². The summed E-state index contributed by atoms with van der Waals surface area (Å²) in [5.74, 6) is -0.597. The fourth-order valence-corrected chi connectivity index (χ4v) is 6.81. The van der Waals surface area contributed by atoms with E-state index >= 15 is 0 Å². The summed E-state index contributed by atoms with van der Waals surface area (Å²) in [6.07, 6.45) is 44.9. The van der Waals surface area contributed by atoms with E-state index in [4.69, 9.17) is 0 Å². The monoisotopic (exact) mass is 722 g/mol. The van der Waals surface area contributed by atoms with E-state index in [0.717, 1.165) is 44.9 Å². The summed E-state index contributed by atoms with van der Waals surface area (Å²) in [6.45, 7) is 4.04. The molecule has 0 saturated carbocycles. The molecule has 0 aliphatic heterocycles. The predicted octanol–water partition coefficient (Wildman–Crippen LogP) is 11.6. The number of carbonyl (C=O) groups excluding carboxylic acids is 1. The normalized spacial score (nSPS) is 14.4. The van der Waals surface area contributed by atoms with Crippen LogP contribution in [0.5, 0.6) is 0 Å². The van der Waals surface area contributed by atoms with Crippen molar-refractivity contribution in [3.05, 3.63) is 24.3 Å². The minimum absolute atomic E-state index is 0.357. The third kappa shape index (κ3) is 34.3. The fraction of sp³-hybridized carbons (Fsp3) is 0.889. The molecule has 4 unspecified atom stereocenters. The number of rotatable bonds is 40. The fourth-order valence-electron chi connectivity index (χ4n) is 6.81. The van der Waals surface area contributed by atoms with Gasteiger partial charge >= 0.3 is 0 Å². The Labute approximate surface area is 316 Å². The van der Waals surface area contributed by atoms with E-state index in [1.807, 2.05) is 0 Å². The van der Waals surface area contributed by atoms with Crippen LogP contribution < -0.4 is 5.32 Å². The molecule has 6 heteroatoms. The number of amides is 1. The highest BCUT2D eigenvalue weighted by atomic mass is 16.3. The SMILES string of the molecule is CCCCCCCCCCC/C=C\CCCCCCCCC(O)C(=O)NC(CO)C(O)C(O)CCC/C=C/CCCCCCCCCCCCC. The maximum atomic E-state index is 12.5. The van der Waals surface area contributed by atoms with Gasteiger partial charge in [0.1, 0.15) is 12.2 Å². The van der Waals surface area contributed by atoms with E-state index in [1.165, 1.54) is 154 Å². The van der Waals surface area contributed by atoms with Crippen LogP contribution in [-0.2, 0) is 4.79 Å². The molecule has 0 aliphatic rings. The van der Waals surface area contributed by atoms with Crippen LogP contribution in [0, 0.1) is 0 Å².